The molecule has 18 heavy (non-hydrogen) atoms. The van der Waals surface area contributed by atoms with Crippen molar-refractivity contribution in [3.63, 3.8) is 0 Å². The van der Waals surface area contributed by atoms with Crippen LogP contribution in [0.1, 0.15) is 11.4 Å². The molecule has 0 saturated carbocycles. The Balaban J connectivity index is 2.40. The van der Waals surface area contributed by atoms with Gasteiger partial charge in [-0.3, -0.25) is 0 Å². The van der Waals surface area contributed by atoms with Crippen LogP contribution >= 0.6 is 0 Å². The number of methoxy groups -OCH3 is 1. The lowest BCUT2D eigenvalue weighted by atomic mass is 10.1. The maximum atomic E-state index is 5.58. The molecule has 0 aliphatic heterocycles. The number of hydrogen-bond acceptors (Lipinski definition) is 4. The topological polar surface area (TPSA) is 44.2 Å². The number of hydrogen-bond donors (Lipinski definition) is 0. The first-order valence-electron chi connectivity index (χ1n) is 5.60. The molecule has 92 valence electrons. The molecule has 1 heterocycles. The second-order valence-electron chi connectivity index (χ2n) is 3.81. The molecule has 0 unspecified atom stereocenters. The van der Waals surface area contributed by atoms with Crippen molar-refractivity contribution >= 4 is 10.9 Å². The number of aryl methyl sites for hydroxylation is 1. The van der Waals surface area contributed by atoms with E-state index in [1.807, 2.05) is 19.1 Å². The number of aromatic nitrogens is 2. The lowest BCUT2D eigenvalue weighted by Gasteiger charge is -2.09. The molecule has 4 heteroatoms. The fourth-order valence-electron chi connectivity index (χ4n) is 1.62. The summed E-state index contributed by atoms with van der Waals surface area (Å²) in [4.78, 5) is 8.49. The van der Waals surface area contributed by atoms with Crippen molar-refractivity contribution in [3.05, 3.63) is 29.7 Å². The number of rotatable bonds is 4. The average molecular weight is 242 g/mol. The van der Waals surface area contributed by atoms with Crippen LogP contribution in [0.25, 0.3) is 10.9 Å². The molecule has 0 spiro atoms. The largest absolute Gasteiger partial charge is 0.490 e. The number of fused-ring (bicyclic) bond motifs is 1. The van der Waals surface area contributed by atoms with Gasteiger partial charge in [0.2, 0.25) is 0 Å². The van der Waals surface area contributed by atoms with E-state index in [1.54, 1.807) is 13.3 Å². The Bertz CT molecular complexity index is 603. The van der Waals surface area contributed by atoms with Crippen LogP contribution in [-0.4, -0.2) is 30.3 Å². The number of benzene rings is 1. The minimum atomic E-state index is 0.462. The van der Waals surface area contributed by atoms with Gasteiger partial charge in [0, 0.05) is 18.7 Å². The summed E-state index contributed by atoms with van der Waals surface area (Å²) in [5.41, 5.74) is 1.52. The fraction of sp³-hybridized carbons (Fsp3) is 0.286. The van der Waals surface area contributed by atoms with Gasteiger partial charge in [-0.15, -0.1) is 6.42 Å². The highest BCUT2D eigenvalue weighted by Gasteiger charge is 2.06. The molecule has 0 aliphatic carbocycles. The molecule has 0 N–H and O–H groups in total. The van der Waals surface area contributed by atoms with E-state index in [0.717, 1.165) is 16.7 Å². The second kappa shape index (κ2) is 5.48. The molecule has 0 atom stereocenters. The Kier molecular flexibility index (Phi) is 3.75. The van der Waals surface area contributed by atoms with E-state index < -0.39 is 0 Å². The molecule has 0 fully saturated rings. The predicted octanol–water partition coefficient (Wildman–Crippen LogP) is 1.94. The Morgan fingerprint density at radius 2 is 2.17 bits per heavy atom. The first-order valence-corrected chi connectivity index (χ1v) is 5.60. The monoisotopic (exact) mass is 242 g/mol. The van der Waals surface area contributed by atoms with Crippen molar-refractivity contribution in [3.8, 4) is 18.1 Å². The highest BCUT2D eigenvalue weighted by atomic mass is 16.5. The van der Waals surface area contributed by atoms with Gasteiger partial charge in [-0.2, -0.15) is 0 Å². The summed E-state index contributed by atoms with van der Waals surface area (Å²) in [6.45, 7) is 2.83. The van der Waals surface area contributed by atoms with Crippen LogP contribution in [-0.2, 0) is 4.74 Å². The summed E-state index contributed by atoms with van der Waals surface area (Å²) in [5, 5.41) is 0.909. The van der Waals surface area contributed by atoms with Gasteiger partial charge in [-0.05, 0) is 19.1 Å². The first-order chi connectivity index (χ1) is 8.74. The molecule has 1 aromatic heterocycles. The minimum Gasteiger partial charge on any atom is -0.490 e. The molecular weight excluding hydrogens is 228 g/mol. The van der Waals surface area contributed by atoms with Gasteiger partial charge in [0.1, 0.15) is 18.2 Å². The highest BCUT2D eigenvalue weighted by Crippen LogP contribution is 2.24. The smallest absolute Gasteiger partial charge is 0.135 e. The van der Waals surface area contributed by atoms with Gasteiger partial charge >= 0.3 is 0 Å². The summed E-state index contributed by atoms with van der Waals surface area (Å²) in [7, 11) is 1.63. The van der Waals surface area contributed by atoms with Crippen molar-refractivity contribution in [2.75, 3.05) is 20.3 Å². The Hall–Kier alpha value is -2.12. The summed E-state index contributed by atoms with van der Waals surface area (Å²) in [6, 6.07) is 3.70. The van der Waals surface area contributed by atoms with Crippen molar-refractivity contribution < 1.29 is 9.47 Å². The molecule has 1 aromatic carbocycles. The van der Waals surface area contributed by atoms with Gasteiger partial charge in [-0.1, -0.05) is 5.92 Å². The zero-order chi connectivity index (χ0) is 13.0. The van der Waals surface area contributed by atoms with E-state index in [9.17, 15) is 0 Å². The molecule has 0 amide bonds. The minimum absolute atomic E-state index is 0.462. The molecule has 0 aliphatic rings. The zero-order valence-electron chi connectivity index (χ0n) is 10.4. The average Bonchev–Trinajstić information content (AvgIpc) is 2.38. The predicted molar refractivity (Wildman–Crippen MR) is 69.6 cm³/mol. The van der Waals surface area contributed by atoms with E-state index in [4.69, 9.17) is 15.9 Å². The fourth-order valence-corrected chi connectivity index (χ4v) is 1.62. The van der Waals surface area contributed by atoms with Crippen LogP contribution in [0.3, 0.4) is 0 Å². The van der Waals surface area contributed by atoms with E-state index in [1.165, 1.54) is 0 Å². The van der Waals surface area contributed by atoms with Crippen LogP contribution < -0.4 is 4.74 Å². The van der Waals surface area contributed by atoms with Crippen LogP contribution in [0.5, 0.6) is 5.75 Å². The number of ether oxygens (including phenoxy) is 2. The zero-order valence-corrected chi connectivity index (χ0v) is 10.4. The maximum absolute atomic E-state index is 5.58. The van der Waals surface area contributed by atoms with E-state index in [-0.39, 0.29) is 0 Å². The van der Waals surface area contributed by atoms with Gasteiger partial charge < -0.3 is 9.47 Å². The van der Waals surface area contributed by atoms with Crippen molar-refractivity contribution in [2.24, 2.45) is 0 Å². The Labute approximate surface area is 106 Å². The maximum Gasteiger partial charge on any atom is 0.135 e. The highest BCUT2D eigenvalue weighted by molar-refractivity contribution is 5.81. The van der Waals surface area contributed by atoms with E-state index in [0.29, 0.717) is 24.5 Å². The lowest BCUT2D eigenvalue weighted by molar-refractivity contribution is 0.146. The Morgan fingerprint density at radius 1 is 1.33 bits per heavy atom. The SMILES string of the molecule is C#Cc1cc2nc(C)ncc2cc1OCCOC. The van der Waals surface area contributed by atoms with Gasteiger partial charge in [0.15, 0.2) is 0 Å². The summed E-state index contributed by atoms with van der Waals surface area (Å²) in [6.07, 6.45) is 7.24. The molecule has 2 rings (SSSR count). The van der Waals surface area contributed by atoms with E-state index >= 15 is 0 Å². The Morgan fingerprint density at radius 3 is 2.89 bits per heavy atom. The third-order valence-electron chi connectivity index (χ3n) is 2.50. The summed E-state index contributed by atoms with van der Waals surface area (Å²) < 4.78 is 10.5. The second-order valence-corrected chi connectivity index (χ2v) is 3.81. The normalized spacial score (nSPS) is 10.3. The third kappa shape index (κ3) is 2.58. The number of nitrogens with zero attached hydrogens (tertiary/aromatic N) is 2. The van der Waals surface area contributed by atoms with Crippen molar-refractivity contribution in [1.82, 2.24) is 9.97 Å². The lowest BCUT2D eigenvalue weighted by Crippen LogP contribution is -2.05. The van der Waals surface area contributed by atoms with Crippen molar-refractivity contribution in [2.45, 2.75) is 6.92 Å². The van der Waals surface area contributed by atoms with Gasteiger partial charge in [0.05, 0.1) is 17.7 Å². The standard InChI is InChI=1S/C14H14N2O2/c1-4-11-7-13-12(9-15-10(2)16-13)8-14(11)18-6-5-17-3/h1,7-9H,5-6H2,2-3H3. The van der Waals surface area contributed by atoms with Crippen LogP contribution in [0.2, 0.25) is 0 Å². The number of terminal acetylenes is 1. The van der Waals surface area contributed by atoms with E-state index in [2.05, 4.69) is 15.9 Å². The quantitative estimate of drug-likeness (QED) is 0.607. The molecule has 2 aromatic rings. The molecule has 0 saturated heterocycles. The molecule has 4 nitrogen and oxygen atoms in total. The van der Waals surface area contributed by atoms with Gasteiger partial charge in [-0.25, -0.2) is 9.97 Å². The van der Waals surface area contributed by atoms with Crippen LogP contribution in [0.15, 0.2) is 18.3 Å². The van der Waals surface area contributed by atoms with Crippen molar-refractivity contribution in [1.29, 1.82) is 0 Å². The molecular formula is C14H14N2O2. The third-order valence-corrected chi connectivity index (χ3v) is 2.50. The molecule has 0 bridgehead atoms. The summed E-state index contributed by atoms with van der Waals surface area (Å²) in [5.74, 6) is 3.99. The van der Waals surface area contributed by atoms with Gasteiger partial charge in [0.25, 0.3) is 0 Å². The van der Waals surface area contributed by atoms with Crippen LogP contribution in [0.4, 0.5) is 0 Å². The molecule has 0 radical (unpaired) electrons. The first kappa shape index (κ1) is 12.3. The summed E-state index contributed by atoms with van der Waals surface area (Å²) >= 11 is 0. The van der Waals surface area contributed by atoms with Crippen LogP contribution in [0, 0.1) is 19.3 Å².